The second kappa shape index (κ2) is 9.93. The number of aromatic nitrogens is 3. The van der Waals surface area contributed by atoms with Gasteiger partial charge in [0.15, 0.2) is 0 Å². The van der Waals surface area contributed by atoms with Gasteiger partial charge in [-0.25, -0.2) is 0 Å². The molecule has 0 aliphatic carbocycles. The van der Waals surface area contributed by atoms with Crippen LogP contribution in [-0.4, -0.2) is 33.0 Å². The molecule has 1 saturated heterocycles. The van der Waals surface area contributed by atoms with Crippen molar-refractivity contribution in [1.29, 1.82) is 0 Å². The fourth-order valence-electron chi connectivity index (χ4n) is 2.40. The molecule has 4 heteroatoms. The zero-order valence-electron chi connectivity index (χ0n) is 14.7. The van der Waals surface area contributed by atoms with Crippen molar-refractivity contribution in [2.24, 2.45) is 11.8 Å². The predicted molar refractivity (Wildman–Crippen MR) is 89.1 cm³/mol. The lowest BCUT2D eigenvalue weighted by molar-refractivity contribution is 0.183. The third-order valence-electron chi connectivity index (χ3n) is 4.04. The summed E-state index contributed by atoms with van der Waals surface area (Å²) in [5.74, 6) is 1.57. The Labute approximate surface area is 130 Å². The maximum absolute atomic E-state index is 4.29. The molecule has 1 atom stereocenters. The van der Waals surface area contributed by atoms with E-state index < -0.39 is 0 Å². The first-order valence-corrected chi connectivity index (χ1v) is 8.70. The molecule has 0 spiro atoms. The van der Waals surface area contributed by atoms with Crippen molar-refractivity contribution in [3.8, 4) is 0 Å². The number of hydrogen-bond acceptors (Lipinski definition) is 3. The first kappa shape index (κ1) is 18.1. The normalized spacial score (nSPS) is 18.1. The summed E-state index contributed by atoms with van der Waals surface area (Å²) in [4.78, 5) is 2.50. The van der Waals surface area contributed by atoms with Gasteiger partial charge in [0.1, 0.15) is 0 Å². The summed E-state index contributed by atoms with van der Waals surface area (Å²) in [6.07, 6.45) is 7.20. The Hall–Kier alpha value is -0.900. The van der Waals surface area contributed by atoms with Crippen LogP contribution in [-0.2, 0) is 13.1 Å². The molecule has 2 heterocycles. The smallest absolute Gasteiger partial charge is 0.0967 e. The molecule has 1 aromatic heterocycles. The number of likely N-dealkylation sites (tertiary alicyclic amines) is 1. The lowest BCUT2D eigenvalue weighted by Crippen LogP contribution is -2.32. The Bertz CT molecular complexity index is 367. The number of piperidine rings is 1. The lowest BCUT2D eigenvalue weighted by atomic mass is 9.99. The van der Waals surface area contributed by atoms with Crippen molar-refractivity contribution in [3.05, 3.63) is 11.9 Å². The standard InChI is InChI=1S/C14H26N4.C3H8/c1-4-12(2)9-18-11-14(15-16-18)10-17-7-5-13(3)6-8-17;1-3-2/h11-13H,4-10H2,1-3H3;3H2,1-2H3. The molecule has 0 radical (unpaired) electrons. The van der Waals surface area contributed by atoms with E-state index in [-0.39, 0.29) is 0 Å². The minimum absolute atomic E-state index is 0.676. The summed E-state index contributed by atoms with van der Waals surface area (Å²) < 4.78 is 2.00. The van der Waals surface area contributed by atoms with E-state index in [0.717, 1.165) is 24.7 Å². The van der Waals surface area contributed by atoms with Crippen molar-refractivity contribution in [1.82, 2.24) is 19.9 Å². The van der Waals surface area contributed by atoms with E-state index in [1.54, 1.807) is 0 Å². The van der Waals surface area contributed by atoms with Gasteiger partial charge in [0.05, 0.1) is 5.69 Å². The van der Waals surface area contributed by atoms with Crippen molar-refractivity contribution < 1.29 is 0 Å². The van der Waals surface area contributed by atoms with Gasteiger partial charge in [0, 0.05) is 19.3 Å². The Morgan fingerprint density at radius 1 is 1.24 bits per heavy atom. The number of hydrogen-bond donors (Lipinski definition) is 0. The molecule has 0 bridgehead atoms. The SMILES string of the molecule is CCC.CCC(C)Cn1cc(CN2CCC(C)CC2)nn1. The van der Waals surface area contributed by atoms with Crippen LogP contribution in [0.2, 0.25) is 0 Å². The minimum atomic E-state index is 0.676. The van der Waals surface area contributed by atoms with Gasteiger partial charge in [-0.15, -0.1) is 5.10 Å². The van der Waals surface area contributed by atoms with Crippen LogP contribution in [0.5, 0.6) is 0 Å². The molecule has 1 fully saturated rings. The second-order valence-electron chi connectivity index (χ2n) is 6.61. The van der Waals surface area contributed by atoms with Gasteiger partial charge in [-0.1, -0.05) is 52.7 Å². The van der Waals surface area contributed by atoms with Crippen LogP contribution in [0, 0.1) is 11.8 Å². The van der Waals surface area contributed by atoms with Crippen molar-refractivity contribution in [2.75, 3.05) is 13.1 Å². The minimum Gasteiger partial charge on any atom is -0.297 e. The van der Waals surface area contributed by atoms with Crippen molar-refractivity contribution >= 4 is 0 Å². The zero-order chi connectivity index (χ0) is 15.7. The molecule has 0 N–H and O–H groups in total. The molecule has 0 amide bonds. The Kier molecular flexibility index (Phi) is 8.58. The molecule has 122 valence electrons. The Morgan fingerprint density at radius 2 is 1.86 bits per heavy atom. The van der Waals surface area contributed by atoms with Crippen LogP contribution in [0.25, 0.3) is 0 Å². The highest BCUT2D eigenvalue weighted by Crippen LogP contribution is 2.17. The van der Waals surface area contributed by atoms with Crippen molar-refractivity contribution in [3.63, 3.8) is 0 Å². The predicted octanol–water partition coefficient (Wildman–Crippen LogP) is 3.97. The highest BCUT2D eigenvalue weighted by Gasteiger charge is 2.16. The van der Waals surface area contributed by atoms with Crippen LogP contribution in [0.15, 0.2) is 6.20 Å². The second-order valence-corrected chi connectivity index (χ2v) is 6.61. The van der Waals surface area contributed by atoms with Gasteiger partial charge in [-0.05, 0) is 37.8 Å². The van der Waals surface area contributed by atoms with Crippen LogP contribution in [0.1, 0.15) is 66.0 Å². The van der Waals surface area contributed by atoms with E-state index in [1.807, 2.05) is 4.68 Å². The maximum Gasteiger partial charge on any atom is 0.0967 e. The summed E-state index contributed by atoms with van der Waals surface area (Å²) in [6.45, 7) is 15.4. The van der Waals surface area contributed by atoms with E-state index in [0.29, 0.717) is 5.92 Å². The molecular weight excluding hydrogens is 260 g/mol. The molecule has 1 aliphatic heterocycles. The highest BCUT2D eigenvalue weighted by molar-refractivity contribution is 4.93. The summed E-state index contributed by atoms with van der Waals surface area (Å²) in [5.41, 5.74) is 1.12. The summed E-state index contributed by atoms with van der Waals surface area (Å²) in [7, 11) is 0. The Balaban J connectivity index is 0.000000677. The molecule has 1 unspecified atom stereocenters. The molecule has 21 heavy (non-hydrogen) atoms. The topological polar surface area (TPSA) is 34.0 Å². The lowest BCUT2D eigenvalue weighted by Gasteiger charge is -2.29. The summed E-state index contributed by atoms with van der Waals surface area (Å²) in [6, 6.07) is 0. The largest absolute Gasteiger partial charge is 0.297 e. The molecule has 4 nitrogen and oxygen atoms in total. The van der Waals surface area contributed by atoms with Crippen LogP contribution in [0.3, 0.4) is 0 Å². The highest BCUT2D eigenvalue weighted by atomic mass is 15.4. The average molecular weight is 294 g/mol. The van der Waals surface area contributed by atoms with Gasteiger partial charge in [-0.3, -0.25) is 9.58 Å². The first-order chi connectivity index (χ1) is 10.1. The average Bonchev–Trinajstić information content (AvgIpc) is 2.89. The van der Waals surface area contributed by atoms with E-state index in [9.17, 15) is 0 Å². The molecule has 1 aromatic rings. The third-order valence-corrected chi connectivity index (χ3v) is 4.04. The summed E-state index contributed by atoms with van der Waals surface area (Å²) in [5, 5.41) is 8.51. The zero-order valence-corrected chi connectivity index (χ0v) is 14.7. The van der Waals surface area contributed by atoms with Gasteiger partial charge in [-0.2, -0.15) is 0 Å². The first-order valence-electron chi connectivity index (χ1n) is 8.70. The molecule has 2 rings (SSSR count). The van der Waals surface area contributed by atoms with Gasteiger partial charge in [0.25, 0.3) is 0 Å². The van der Waals surface area contributed by atoms with E-state index in [4.69, 9.17) is 0 Å². The molecule has 0 saturated carbocycles. The van der Waals surface area contributed by atoms with E-state index in [2.05, 4.69) is 56.0 Å². The van der Waals surface area contributed by atoms with Gasteiger partial charge < -0.3 is 0 Å². The maximum atomic E-state index is 4.29. The van der Waals surface area contributed by atoms with Crippen molar-refractivity contribution in [2.45, 2.75) is 73.4 Å². The Morgan fingerprint density at radius 3 is 2.43 bits per heavy atom. The number of nitrogens with zero attached hydrogens (tertiary/aromatic N) is 4. The van der Waals surface area contributed by atoms with E-state index >= 15 is 0 Å². The monoisotopic (exact) mass is 294 g/mol. The number of rotatable bonds is 5. The summed E-state index contributed by atoms with van der Waals surface area (Å²) >= 11 is 0. The fraction of sp³-hybridized carbons (Fsp3) is 0.882. The van der Waals surface area contributed by atoms with Crippen LogP contribution < -0.4 is 0 Å². The fourth-order valence-corrected chi connectivity index (χ4v) is 2.40. The molecular formula is C17H34N4. The molecule has 1 aliphatic rings. The van der Waals surface area contributed by atoms with Gasteiger partial charge >= 0.3 is 0 Å². The van der Waals surface area contributed by atoms with Crippen LogP contribution >= 0.6 is 0 Å². The van der Waals surface area contributed by atoms with E-state index in [1.165, 1.54) is 38.8 Å². The van der Waals surface area contributed by atoms with Gasteiger partial charge in [0.2, 0.25) is 0 Å². The quantitative estimate of drug-likeness (QED) is 0.824. The van der Waals surface area contributed by atoms with Crippen LogP contribution in [0.4, 0.5) is 0 Å². The third kappa shape index (κ3) is 7.07. The molecule has 0 aromatic carbocycles.